The molecule has 1 aromatic carbocycles. The third-order valence-electron chi connectivity index (χ3n) is 3.29. The van der Waals surface area contributed by atoms with Gasteiger partial charge >= 0.3 is 0 Å². The Bertz CT molecular complexity index is 875. The Morgan fingerprint density at radius 1 is 1.27 bits per heavy atom. The maximum Gasteiger partial charge on any atom is 0.276 e. The molecule has 8 heteroatoms. The summed E-state index contributed by atoms with van der Waals surface area (Å²) in [4.78, 5) is 3.33. The summed E-state index contributed by atoms with van der Waals surface area (Å²) in [5, 5.41) is 4.01. The number of thiazole rings is 1. The molecule has 0 aliphatic rings. The van der Waals surface area contributed by atoms with Crippen molar-refractivity contribution in [2.24, 2.45) is 12.1 Å². The van der Waals surface area contributed by atoms with Crippen molar-refractivity contribution in [1.29, 1.82) is 0 Å². The SMILES string of the molecule is CC(=NNS(=O)(=O)c1ccc(C)cc1)c1sc(=S)n(C)c1C. The number of sulfonamides is 1. The molecular formula is C14H17N3O2S3. The third-order valence-corrected chi connectivity index (χ3v) is 6.28. The zero-order chi connectivity index (χ0) is 16.5. The van der Waals surface area contributed by atoms with Crippen molar-refractivity contribution < 1.29 is 8.42 Å². The highest BCUT2D eigenvalue weighted by Crippen LogP contribution is 2.18. The summed E-state index contributed by atoms with van der Waals surface area (Å²) in [5.41, 5.74) is 2.55. The molecule has 0 amide bonds. The lowest BCUT2D eigenvalue weighted by atomic mass is 10.2. The predicted molar refractivity (Wildman–Crippen MR) is 92.6 cm³/mol. The van der Waals surface area contributed by atoms with Crippen molar-refractivity contribution in [3.8, 4) is 0 Å². The van der Waals surface area contributed by atoms with Crippen LogP contribution in [0.25, 0.3) is 0 Å². The van der Waals surface area contributed by atoms with Crippen molar-refractivity contribution in [1.82, 2.24) is 9.40 Å². The average Bonchev–Trinajstić information content (AvgIpc) is 2.73. The second-order valence-corrected chi connectivity index (χ2v) is 8.25. The minimum atomic E-state index is -3.66. The van der Waals surface area contributed by atoms with E-state index in [1.165, 1.54) is 11.3 Å². The molecule has 0 aliphatic heterocycles. The Morgan fingerprint density at radius 2 is 1.86 bits per heavy atom. The average molecular weight is 356 g/mol. The van der Waals surface area contributed by atoms with Crippen LogP contribution in [0.4, 0.5) is 0 Å². The van der Waals surface area contributed by atoms with Crippen LogP contribution in [-0.4, -0.2) is 18.7 Å². The first-order valence-corrected chi connectivity index (χ1v) is 9.22. The van der Waals surface area contributed by atoms with Gasteiger partial charge in [-0.15, -0.1) is 11.3 Å². The first-order chi connectivity index (χ1) is 10.2. The van der Waals surface area contributed by atoms with Gasteiger partial charge in [-0.2, -0.15) is 18.4 Å². The standard InChI is InChI=1S/C14H17N3O2S3/c1-9-5-7-12(8-6-9)22(18,19)16-15-10(2)13-11(3)17(4)14(20)21-13/h5-8,16H,1-4H3. The minimum absolute atomic E-state index is 0.187. The van der Waals surface area contributed by atoms with E-state index < -0.39 is 10.0 Å². The van der Waals surface area contributed by atoms with Gasteiger partial charge in [-0.1, -0.05) is 17.7 Å². The molecule has 0 radical (unpaired) electrons. The van der Waals surface area contributed by atoms with Crippen LogP contribution in [0.3, 0.4) is 0 Å². The van der Waals surface area contributed by atoms with E-state index in [1.807, 2.05) is 25.5 Å². The molecule has 0 fully saturated rings. The van der Waals surface area contributed by atoms with Crippen LogP contribution in [0.5, 0.6) is 0 Å². The van der Waals surface area contributed by atoms with Gasteiger partial charge in [0.2, 0.25) is 0 Å². The highest BCUT2D eigenvalue weighted by Gasteiger charge is 2.14. The van der Waals surface area contributed by atoms with Gasteiger partial charge in [0.1, 0.15) is 0 Å². The molecule has 0 bridgehead atoms. The molecule has 0 unspecified atom stereocenters. The first kappa shape index (κ1) is 16.9. The molecule has 0 spiro atoms. The van der Waals surface area contributed by atoms with Crippen molar-refractivity contribution in [2.45, 2.75) is 25.7 Å². The lowest BCUT2D eigenvalue weighted by Crippen LogP contribution is -2.20. The second kappa shape index (κ2) is 6.31. The number of benzene rings is 1. The predicted octanol–water partition coefficient (Wildman–Crippen LogP) is 3.14. The summed E-state index contributed by atoms with van der Waals surface area (Å²) in [6.07, 6.45) is 0. The van der Waals surface area contributed by atoms with Crippen LogP contribution in [0.2, 0.25) is 0 Å². The Balaban J connectivity index is 2.28. The Labute approximate surface area is 139 Å². The Hall–Kier alpha value is -1.51. The van der Waals surface area contributed by atoms with Crippen LogP contribution >= 0.6 is 23.6 Å². The van der Waals surface area contributed by atoms with E-state index in [2.05, 4.69) is 9.93 Å². The third kappa shape index (κ3) is 3.45. The summed E-state index contributed by atoms with van der Waals surface area (Å²) < 4.78 is 27.0. The fourth-order valence-electron chi connectivity index (χ4n) is 1.80. The highest BCUT2D eigenvalue weighted by molar-refractivity contribution is 7.89. The molecule has 1 heterocycles. The van der Waals surface area contributed by atoms with Crippen LogP contribution in [0, 0.1) is 17.8 Å². The normalized spacial score (nSPS) is 12.5. The van der Waals surface area contributed by atoms with Crippen molar-refractivity contribution in [3.05, 3.63) is 44.4 Å². The molecule has 0 atom stereocenters. The number of rotatable bonds is 4. The van der Waals surface area contributed by atoms with Crippen molar-refractivity contribution >= 4 is 39.3 Å². The molecular weight excluding hydrogens is 338 g/mol. The van der Waals surface area contributed by atoms with E-state index in [-0.39, 0.29) is 4.90 Å². The van der Waals surface area contributed by atoms with Crippen molar-refractivity contribution in [3.63, 3.8) is 0 Å². The van der Waals surface area contributed by atoms with E-state index in [0.29, 0.717) is 5.71 Å². The molecule has 5 nitrogen and oxygen atoms in total. The maximum absolute atomic E-state index is 12.2. The zero-order valence-corrected chi connectivity index (χ0v) is 15.2. The lowest BCUT2D eigenvalue weighted by Gasteiger charge is -2.05. The molecule has 2 aromatic rings. The molecule has 0 saturated heterocycles. The Morgan fingerprint density at radius 3 is 2.36 bits per heavy atom. The topological polar surface area (TPSA) is 63.5 Å². The summed E-state index contributed by atoms with van der Waals surface area (Å²) in [7, 11) is -1.79. The van der Waals surface area contributed by atoms with Gasteiger partial charge in [0, 0.05) is 12.7 Å². The van der Waals surface area contributed by atoms with Gasteiger partial charge in [0.25, 0.3) is 10.0 Å². The fraction of sp³-hybridized carbons (Fsp3) is 0.286. The summed E-state index contributed by atoms with van der Waals surface area (Å²) in [6.45, 7) is 5.58. The number of aryl methyl sites for hydroxylation is 1. The van der Waals surface area contributed by atoms with Crippen LogP contribution < -0.4 is 4.83 Å². The summed E-state index contributed by atoms with van der Waals surface area (Å²) in [5.74, 6) is 0. The van der Waals surface area contributed by atoms with E-state index in [1.54, 1.807) is 31.2 Å². The Kier molecular flexibility index (Phi) is 4.84. The molecule has 1 aromatic heterocycles. The first-order valence-electron chi connectivity index (χ1n) is 6.52. The molecule has 0 aliphatic carbocycles. The number of hydrogen-bond donors (Lipinski definition) is 1. The van der Waals surface area contributed by atoms with Crippen LogP contribution in [0.15, 0.2) is 34.3 Å². The molecule has 1 N–H and O–H groups in total. The van der Waals surface area contributed by atoms with Gasteiger partial charge < -0.3 is 4.57 Å². The zero-order valence-electron chi connectivity index (χ0n) is 12.7. The molecule has 22 heavy (non-hydrogen) atoms. The van der Waals surface area contributed by atoms with Crippen LogP contribution in [0.1, 0.15) is 23.1 Å². The van der Waals surface area contributed by atoms with Gasteiger partial charge in [0.05, 0.1) is 15.5 Å². The molecule has 2 rings (SSSR count). The summed E-state index contributed by atoms with van der Waals surface area (Å²) in [6, 6.07) is 6.61. The molecule has 0 saturated carbocycles. The number of hydrazone groups is 1. The van der Waals surface area contributed by atoms with Gasteiger partial charge in [-0.05, 0) is 45.1 Å². The van der Waals surface area contributed by atoms with E-state index in [9.17, 15) is 8.42 Å². The maximum atomic E-state index is 12.2. The lowest BCUT2D eigenvalue weighted by molar-refractivity contribution is 0.584. The van der Waals surface area contributed by atoms with Crippen LogP contribution in [-0.2, 0) is 17.1 Å². The van der Waals surface area contributed by atoms with Crippen molar-refractivity contribution in [2.75, 3.05) is 0 Å². The van der Waals surface area contributed by atoms with E-state index >= 15 is 0 Å². The number of aromatic nitrogens is 1. The van der Waals surface area contributed by atoms with E-state index in [0.717, 1.165) is 20.1 Å². The number of nitrogens with zero attached hydrogens (tertiary/aromatic N) is 2. The van der Waals surface area contributed by atoms with Gasteiger partial charge in [0.15, 0.2) is 3.95 Å². The quantitative estimate of drug-likeness (QED) is 0.521. The second-order valence-electron chi connectivity index (χ2n) is 4.95. The monoisotopic (exact) mass is 355 g/mol. The fourth-order valence-corrected chi connectivity index (χ4v) is 3.97. The number of nitrogens with one attached hydrogen (secondary N) is 1. The molecule has 118 valence electrons. The van der Waals surface area contributed by atoms with E-state index in [4.69, 9.17) is 12.2 Å². The minimum Gasteiger partial charge on any atom is -0.330 e. The van der Waals surface area contributed by atoms with Gasteiger partial charge in [-0.25, -0.2) is 0 Å². The highest BCUT2D eigenvalue weighted by atomic mass is 32.2. The smallest absolute Gasteiger partial charge is 0.276 e. The largest absolute Gasteiger partial charge is 0.330 e. The summed E-state index contributed by atoms with van der Waals surface area (Å²) >= 11 is 6.62. The van der Waals surface area contributed by atoms with Gasteiger partial charge in [-0.3, -0.25) is 0 Å². The number of hydrogen-bond acceptors (Lipinski definition) is 5.